The minimum Gasteiger partial charge on any atom is -0.224 e. The number of benzene rings is 1. The molecule has 1 aromatic rings. The van der Waals surface area contributed by atoms with Crippen molar-refractivity contribution in [2.75, 3.05) is 6.26 Å². The molecule has 0 aliphatic heterocycles. The third-order valence-corrected chi connectivity index (χ3v) is 2.87. The van der Waals surface area contributed by atoms with Crippen molar-refractivity contribution in [2.45, 2.75) is 11.4 Å². The highest BCUT2D eigenvalue weighted by Crippen LogP contribution is 2.18. The Morgan fingerprint density at radius 1 is 1.47 bits per heavy atom. The molecule has 0 heterocycles. The van der Waals surface area contributed by atoms with Gasteiger partial charge in [0.05, 0.1) is 6.54 Å². The molecular weight excluding hydrogens is 221 g/mol. The van der Waals surface area contributed by atoms with Gasteiger partial charge >= 0.3 is 0 Å². The van der Waals surface area contributed by atoms with Crippen molar-refractivity contribution in [2.24, 2.45) is 4.99 Å². The van der Waals surface area contributed by atoms with Gasteiger partial charge in [0, 0.05) is 11.8 Å². The zero-order chi connectivity index (χ0) is 11.5. The maximum atomic E-state index is 13.5. The fourth-order valence-corrected chi connectivity index (χ4v) is 1.86. The number of halogens is 1. The van der Waals surface area contributed by atoms with Crippen LogP contribution in [0.25, 0.3) is 0 Å². The van der Waals surface area contributed by atoms with Gasteiger partial charge in [-0.3, -0.25) is 0 Å². The Balaban J connectivity index is 3.29. The zero-order valence-electron chi connectivity index (χ0n) is 7.90. The van der Waals surface area contributed by atoms with Crippen LogP contribution < -0.4 is 0 Å². The number of hydrogen-bond acceptors (Lipinski definition) is 4. The summed E-state index contributed by atoms with van der Waals surface area (Å²) >= 11 is 0. The average molecular weight is 229 g/mol. The van der Waals surface area contributed by atoms with E-state index in [1.165, 1.54) is 24.3 Å². The molecule has 0 atom stereocenters. The van der Waals surface area contributed by atoms with E-state index in [2.05, 4.69) is 4.99 Å². The largest absolute Gasteiger partial charge is 0.235 e. The molecule has 80 valence electrons. The average Bonchev–Trinajstić information content (AvgIpc) is 2.14. The number of isocyanates is 1. The van der Waals surface area contributed by atoms with Gasteiger partial charge in [0.1, 0.15) is 10.7 Å². The Labute approximate surface area is 86.4 Å². The van der Waals surface area contributed by atoms with Crippen LogP contribution in [0.4, 0.5) is 4.39 Å². The molecule has 0 spiro atoms. The molecule has 6 heteroatoms. The summed E-state index contributed by atoms with van der Waals surface area (Å²) in [6, 6.07) is 3.93. The molecule has 0 aromatic heterocycles. The van der Waals surface area contributed by atoms with Gasteiger partial charge in [-0.05, 0) is 6.07 Å². The molecular formula is C9H8FNO3S. The van der Waals surface area contributed by atoms with E-state index in [9.17, 15) is 17.6 Å². The SMILES string of the molecule is CS(=O)(=O)c1cccc(CN=C=O)c1F. The van der Waals surface area contributed by atoms with Crippen molar-refractivity contribution in [1.29, 1.82) is 0 Å². The highest BCUT2D eigenvalue weighted by atomic mass is 32.2. The summed E-state index contributed by atoms with van der Waals surface area (Å²) in [7, 11) is -3.60. The summed E-state index contributed by atoms with van der Waals surface area (Å²) < 4.78 is 35.8. The molecule has 0 amide bonds. The molecule has 0 saturated carbocycles. The van der Waals surface area contributed by atoms with Crippen LogP contribution >= 0.6 is 0 Å². The molecule has 0 unspecified atom stereocenters. The number of carbonyl (C=O) groups excluding carboxylic acids is 1. The summed E-state index contributed by atoms with van der Waals surface area (Å²) in [5, 5.41) is 0. The van der Waals surface area contributed by atoms with E-state index in [4.69, 9.17) is 0 Å². The van der Waals surface area contributed by atoms with Gasteiger partial charge in [0.25, 0.3) is 0 Å². The maximum Gasteiger partial charge on any atom is 0.235 e. The predicted octanol–water partition coefficient (Wildman–Crippen LogP) is 1.07. The first kappa shape index (κ1) is 11.6. The normalized spacial score (nSPS) is 10.8. The minimum atomic E-state index is -3.60. The third-order valence-electron chi connectivity index (χ3n) is 1.76. The van der Waals surface area contributed by atoms with Crippen LogP contribution in [0, 0.1) is 5.82 Å². The Morgan fingerprint density at radius 3 is 2.67 bits per heavy atom. The van der Waals surface area contributed by atoms with Crippen LogP contribution in [0.15, 0.2) is 28.1 Å². The molecule has 0 aliphatic carbocycles. The lowest BCUT2D eigenvalue weighted by molar-refractivity contribution is 0.556. The van der Waals surface area contributed by atoms with Gasteiger partial charge in [-0.15, -0.1) is 0 Å². The highest BCUT2D eigenvalue weighted by Gasteiger charge is 2.15. The highest BCUT2D eigenvalue weighted by molar-refractivity contribution is 7.90. The predicted molar refractivity (Wildman–Crippen MR) is 51.3 cm³/mol. The summed E-state index contributed by atoms with van der Waals surface area (Å²) in [5.74, 6) is -0.862. The van der Waals surface area contributed by atoms with Crippen LogP contribution in [0.3, 0.4) is 0 Å². The Morgan fingerprint density at radius 2 is 2.13 bits per heavy atom. The van der Waals surface area contributed by atoms with E-state index in [0.29, 0.717) is 0 Å². The zero-order valence-corrected chi connectivity index (χ0v) is 8.71. The van der Waals surface area contributed by atoms with Crippen LogP contribution in [0.5, 0.6) is 0 Å². The number of hydrogen-bond donors (Lipinski definition) is 0. The quantitative estimate of drug-likeness (QED) is 0.575. The second kappa shape index (κ2) is 4.33. The van der Waals surface area contributed by atoms with Crippen molar-refractivity contribution in [3.05, 3.63) is 29.6 Å². The maximum absolute atomic E-state index is 13.5. The monoisotopic (exact) mass is 229 g/mol. The van der Waals surface area contributed by atoms with Crippen molar-refractivity contribution in [3.8, 4) is 0 Å². The van der Waals surface area contributed by atoms with Gasteiger partial charge in [0.2, 0.25) is 6.08 Å². The smallest absolute Gasteiger partial charge is 0.224 e. The van der Waals surface area contributed by atoms with E-state index in [-0.39, 0.29) is 17.0 Å². The molecule has 0 saturated heterocycles. The fraction of sp³-hybridized carbons (Fsp3) is 0.222. The molecule has 15 heavy (non-hydrogen) atoms. The summed E-state index contributed by atoms with van der Waals surface area (Å²) in [4.78, 5) is 12.6. The number of rotatable bonds is 3. The molecule has 0 aliphatic rings. The van der Waals surface area contributed by atoms with Crippen LogP contribution in [-0.4, -0.2) is 20.8 Å². The second-order valence-corrected chi connectivity index (χ2v) is 4.89. The summed E-state index contributed by atoms with van der Waals surface area (Å²) in [5.41, 5.74) is 0.0567. The number of sulfone groups is 1. The van der Waals surface area contributed by atoms with Gasteiger partial charge in [-0.1, -0.05) is 12.1 Å². The van der Waals surface area contributed by atoms with Crippen LogP contribution in [0.1, 0.15) is 5.56 Å². The molecule has 0 bridgehead atoms. The second-order valence-electron chi connectivity index (χ2n) is 2.91. The Hall–Kier alpha value is -1.52. The number of aliphatic imine (C=N–C) groups is 1. The van der Waals surface area contributed by atoms with Crippen molar-refractivity contribution < 1.29 is 17.6 Å². The van der Waals surface area contributed by atoms with Gasteiger partial charge < -0.3 is 0 Å². The first-order valence-electron chi connectivity index (χ1n) is 3.98. The van der Waals surface area contributed by atoms with Crippen LogP contribution in [-0.2, 0) is 21.2 Å². The third kappa shape index (κ3) is 2.71. The lowest BCUT2D eigenvalue weighted by Crippen LogP contribution is -2.03. The molecule has 1 rings (SSSR count). The van der Waals surface area contributed by atoms with E-state index >= 15 is 0 Å². The number of nitrogens with zero attached hydrogens (tertiary/aromatic N) is 1. The van der Waals surface area contributed by atoms with Crippen molar-refractivity contribution >= 4 is 15.9 Å². The minimum absolute atomic E-state index is 0.0567. The van der Waals surface area contributed by atoms with Gasteiger partial charge in [0.15, 0.2) is 9.84 Å². The lowest BCUT2D eigenvalue weighted by Gasteiger charge is -2.03. The van der Waals surface area contributed by atoms with Gasteiger partial charge in [-0.2, -0.15) is 0 Å². The van der Waals surface area contributed by atoms with E-state index in [0.717, 1.165) is 6.26 Å². The topological polar surface area (TPSA) is 63.6 Å². The van der Waals surface area contributed by atoms with Crippen molar-refractivity contribution in [1.82, 2.24) is 0 Å². The summed E-state index contributed by atoms with van der Waals surface area (Å²) in [6.07, 6.45) is 2.18. The molecule has 0 radical (unpaired) electrons. The fourth-order valence-electron chi connectivity index (χ4n) is 1.08. The van der Waals surface area contributed by atoms with Crippen molar-refractivity contribution in [3.63, 3.8) is 0 Å². The van der Waals surface area contributed by atoms with E-state index in [1.54, 1.807) is 0 Å². The Kier molecular flexibility index (Phi) is 3.34. The first-order valence-corrected chi connectivity index (χ1v) is 5.87. The molecule has 1 aromatic carbocycles. The Bertz CT molecular complexity index is 518. The molecule has 0 fully saturated rings. The van der Waals surface area contributed by atoms with Crippen LogP contribution in [0.2, 0.25) is 0 Å². The lowest BCUT2D eigenvalue weighted by atomic mass is 10.2. The molecule has 4 nitrogen and oxygen atoms in total. The molecule has 0 N–H and O–H groups in total. The van der Waals surface area contributed by atoms with E-state index in [1.807, 2.05) is 0 Å². The van der Waals surface area contributed by atoms with E-state index < -0.39 is 15.7 Å². The first-order chi connectivity index (χ1) is 6.96. The standard InChI is InChI=1S/C9H8FNO3S/c1-15(13,14)8-4-2-3-7(9(8)10)5-11-6-12/h2-4H,5H2,1H3. The van der Waals surface area contributed by atoms with Gasteiger partial charge in [-0.25, -0.2) is 22.6 Å². The summed E-state index contributed by atoms with van der Waals surface area (Å²) in [6.45, 7) is -0.210.